The number of ether oxygens (including phenoxy) is 2. The van der Waals surface area contributed by atoms with Crippen LogP contribution in [0.5, 0.6) is 0 Å². The van der Waals surface area contributed by atoms with Gasteiger partial charge < -0.3 is 29.4 Å². The van der Waals surface area contributed by atoms with Gasteiger partial charge in [0.15, 0.2) is 0 Å². The lowest BCUT2D eigenvalue weighted by atomic mass is 9.72. The summed E-state index contributed by atoms with van der Waals surface area (Å²) in [5.74, 6) is 0.140. The fourth-order valence-corrected chi connectivity index (χ4v) is 6.54. The van der Waals surface area contributed by atoms with Crippen molar-refractivity contribution in [2.45, 2.75) is 63.7 Å². The van der Waals surface area contributed by atoms with Gasteiger partial charge in [-0.25, -0.2) is 14.6 Å². The Labute approximate surface area is 268 Å². The van der Waals surface area contributed by atoms with Crippen LogP contribution in [0.1, 0.15) is 80.6 Å². The van der Waals surface area contributed by atoms with Crippen molar-refractivity contribution in [3.63, 3.8) is 0 Å². The molecule has 1 saturated carbocycles. The van der Waals surface area contributed by atoms with Crippen molar-refractivity contribution in [1.82, 2.24) is 24.8 Å². The van der Waals surface area contributed by atoms with Gasteiger partial charge in [0.2, 0.25) is 0 Å². The quantitative estimate of drug-likeness (QED) is 0.338. The van der Waals surface area contributed by atoms with Crippen molar-refractivity contribution in [3.05, 3.63) is 82.2 Å². The number of aryl methyl sites for hydroxylation is 1. The average molecular weight is 634 g/mol. The molecule has 2 unspecified atom stereocenters. The van der Waals surface area contributed by atoms with E-state index in [4.69, 9.17) is 26.1 Å². The average Bonchev–Trinajstić information content (AvgIpc) is 3.76. The fraction of sp³-hybridized carbons (Fsp3) is 0.471. The highest BCUT2D eigenvalue weighted by Crippen LogP contribution is 2.50. The molecule has 2 amide bonds. The van der Waals surface area contributed by atoms with Gasteiger partial charge in [-0.15, -0.1) is 0 Å². The Morgan fingerprint density at radius 3 is 2.60 bits per heavy atom. The normalized spacial score (nSPS) is 20.8. The number of benzene rings is 1. The molecule has 1 aliphatic heterocycles. The number of pyridine rings is 1. The molecule has 2 aromatic heterocycles. The van der Waals surface area contributed by atoms with Crippen molar-refractivity contribution < 1.29 is 24.2 Å². The highest BCUT2D eigenvalue weighted by Gasteiger charge is 2.48. The van der Waals surface area contributed by atoms with E-state index in [-0.39, 0.29) is 12.0 Å². The first-order chi connectivity index (χ1) is 21.4. The number of nitrogens with zero attached hydrogens (tertiary/aromatic N) is 4. The highest BCUT2D eigenvalue weighted by molar-refractivity contribution is 6.30. The van der Waals surface area contributed by atoms with E-state index in [9.17, 15) is 14.7 Å². The molecule has 2 N–H and O–H groups in total. The number of imidazole rings is 1. The predicted octanol–water partition coefficient (Wildman–Crippen LogP) is 6.08. The van der Waals surface area contributed by atoms with E-state index in [2.05, 4.69) is 10.3 Å². The number of hydrogen-bond acceptors (Lipinski definition) is 7. The number of nitrogens with one attached hydrogen (secondary N) is 1. The first-order valence-electron chi connectivity index (χ1n) is 15.5. The highest BCUT2D eigenvalue weighted by atomic mass is 35.5. The molecule has 0 spiro atoms. The number of aromatic nitrogens is 3. The Bertz CT molecular complexity index is 1620. The fourth-order valence-electron chi connectivity index (χ4n) is 6.37. The lowest BCUT2D eigenvalue weighted by Crippen LogP contribution is -2.47. The maximum absolute atomic E-state index is 13.2. The SMILES string of the molecule is Cn1cncc1C(NC(=O)OCC1CC1)C1=Cc2cccnc2C(O)(C2CCN(C(=O)OC(C)(C)C)CC2)c2ccc(Cl)cc21. The first kappa shape index (κ1) is 31.1. The number of amides is 2. The Morgan fingerprint density at radius 1 is 1.18 bits per heavy atom. The summed E-state index contributed by atoms with van der Waals surface area (Å²) in [6.45, 7) is 6.78. The molecule has 3 heterocycles. The molecule has 0 radical (unpaired) electrons. The largest absolute Gasteiger partial charge is 0.449 e. The minimum Gasteiger partial charge on any atom is -0.449 e. The van der Waals surface area contributed by atoms with Crippen LogP contribution in [0.2, 0.25) is 5.02 Å². The lowest BCUT2D eigenvalue weighted by Gasteiger charge is -2.42. The summed E-state index contributed by atoms with van der Waals surface area (Å²) in [4.78, 5) is 36.8. The Kier molecular flexibility index (Phi) is 8.39. The van der Waals surface area contributed by atoms with Crippen LogP contribution in [-0.2, 0) is 22.1 Å². The molecule has 2 aliphatic carbocycles. The van der Waals surface area contributed by atoms with Crippen LogP contribution in [-0.4, -0.2) is 62.0 Å². The van der Waals surface area contributed by atoms with E-state index in [0.29, 0.717) is 60.3 Å². The number of fused-ring (bicyclic) bond motifs is 2. The number of hydrogen-bond donors (Lipinski definition) is 2. The van der Waals surface area contributed by atoms with Gasteiger partial charge in [-0.05, 0) is 98.9 Å². The first-order valence-corrected chi connectivity index (χ1v) is 15.9. The van der Waals surface area contributed by atoms with Gasteiger partial charge in [0.1, 0.15) is 11.2 Å². The second-order valence-electron chi connectivity index (χ2n) is 13.3. The zero-order chi connectivity index (χ0) is 31.9. The van der Waals surface area contributed by atoms with E-state index in [0.717, 1.165) is 29.7 Å². The van der Waals surface area contributed by atoms with Gasteiger partial charge in [-0.2, -0.15) is 0 Å². The van der Waals surface area contributed by atoms with E-state index in [1.54, 1.807) is 29.7 Å². The summed E-state index contributed by atoms with van der Waals surface area (Å²) in [5.41, 5.74) is 1.89. The zero-order valence-electron chi connectivity index (χ0n) is 26.1. The molecular weight excluding hydrogens is 594 g/mol. The third kappa shape index (κ3) is 6.44. The van der Waals surface area contributed by atoms with Gasteiger partial charge in [-0.3, -0.25) is 4.98 Å². The van der Waals surface area contributed by atoms with Crippen molar-refractivity contribution in [2.75, 3.05) is 19.7 Å². The molecular formula is C34H40ClN5O5. The molecule has 10 nitrogen and oxygen atoms in total. The van der Waals surface area contributed by atoms with Crippen molar-refractivity contribution >= 4 is 35.4 Å². The summed E-state index contributed by atoms with van der Waals surface area (Å²) >= 11 is 6.64. The lowest BCUT2D eigenvalue weighted by molar-refractivity contribution is -0.0262. The van der Waals surface area contributed by atoms with E-state index < -0.39 is 23.3 Å². The Morgan fingerprint density at radius 2 is 1.93 bits per heavy atom. The van der Waals surface area contributed by atoms with Gasteiger partial charge in [0.05, 0.1) is 36.6 Å². The van der Waals surface area contributed by atoms with Gasteiger partial charge >= 0.3 is 12.2 Å². The Balaban J connectivity index is 1.42. The minimum absolute atomic E-state index is 0.274. The minimum atomic E-state index is -1.52. The number of carbonyl (C=O) groups excluding carboxylic acids is 2. The van der Waals surface area contributed by atoms with Crippen LogP contribution in [0.25, 0.3) is 11.6 Å². The van der Waals surface area contributed by atoms with Gasteiger partial charge in [0, 0.05) is 37.3 Å². The molecule has 3 aromatic rings. The molecule has 11 heteroatoms. The van der Waals surface area contributed by atoms with Crippen LogP contribution < -0.4 is 5.32 Å². The molecule has 0 bridgehead atoms. The number of alkyl carbamates (subject to hydrolysis) is 1. The topological polar surface area (TPSA) is 119 Å². The van der Waals surface area contributed by atoms with E-state index in [1.165, 1.54) is 0 Å². The standard InChI is InChI=1S/C34H40ClN5O5/c1-33(2,3)45-32(42)40-14-11-23(12-15-40)34(43)27-10-9-24(35)17-25(27)26(16-22-6-5-13-37-30(22)34)29(28-18-36-20-39(28)4)38-31(41)44-19-21-7-8-21/h5-6,9-10,13,16-18,20-21,23,29,43H,7-8,11-12,14-15,19H2,1-4H3,(H,38,41). The number of piperidine rings is 1. The number of aliphatic hydroxyl groups is 1. The van der Waals surface area contributed by atoms with Crippen LogP contribution in [0.15, 0.2) is 49.1 Å². The molecule has 2 atom stereocenters. The molecule has 6 rings (SSSR count). The summed E-state index contributed by atoms with van der Waals surface area (Å²) in [5, 5.41) is 16.6. The van der Waals surface area contributed by atoms with E-state index >= 15 is 0 Å². The summed E-state index contributed by atoms with van der Waals surface area (Å²) in [7, 11) is 1.87. The second-order valence-corrected chi connectivity index (χ2v) is 13.7. The summed E-state index contributed by atoms with van der Waals surface area (Å²) in [6, 6.07) is 8.52. The van der Waals surface area contributed by atoms with Crippen LogP contribution in [0, 0.1) is 11.8 Å². The van der Waals surface area contributed by atoms with E-state index in [1.807, 2.05) is 62.7 Å². The molecule has 45 heavy (non-hydrogen) atoms. The second kappa shape index (κ2) is 12.1. The van der Waals surface area contributed by atoms with Crippen LogP contribution >= 0.6 is 11.6 Å². The van der Waals surface area contributed by atoms with Crippen molar-refractivity contribution in [2.24, 2.45) is 18.9 Å². The van der Waals surface area contributed by atoms with Gasteiger partial charge in [0.25, 0.3) is 0 Å². The Hall–Kier alpha value is -3.89. The van der Waals surface area contributed by atoms with Crippen molar-refractivity contribution in [3.8, 4) is 0 Å². The predicted molar refractivity (Wildman–Crippen MR) is 170 cm³/mol. The number of halogens is 1. The number of rotatable bonds is 6. The van der Waals surface area contributed by atoms with Crippen LogP contribution in [0.3, 0.4) is 0 Å². The molecule has 3 aliphatic rings. The molecule has 2 fully saturated rings. The third-order valence-electron chi connectivity index (χ3n) is 8.82. The number of likely N-dealkylation sites (tertiary alicyclic amines) is 1. The summed E-state index contributed by atoms with van der Waals surface area (Å²) in [6.07, 6.45) is 9.33. The molecule has 238 valence electrons. The van der Waals surface area contributed by atoms with Gasteiger partial charge in [-0.1, -0.05) is 23.7 Å². The zero-order valence-corrected chi connectivity index (χ0v) is 26.9. The monoisotopic (exact) mass is 633 g/mol. The number of carbonyl (C=O) groups is 2. The third-order valence-corrected chi connectivity index (χ3v) is 9.06. The smallest absolute Gasteiger partial charge is 0.410 e. The van der Waals surface area contributed by atoms with Crippen LogP contribution in [0.4, 0.5) is 9.59 Å². The summed E-state index contributed by atoms with van der Waals surface area (Å²) < 4.78 is 13.1. The van der Waals surface area contributed by atoms with Crippen molar-refractivity contribution in [1.29, 1.82) is 0 Å². The maximum Gasteiger partial charge on any atom is 0.410 e. The molecule has 1 saturated heterocycles. The molecule has 1 aromatic carbocycles. The maximum atomic E-state index is 13.2.